The van der Waals surface area contributed by atoms with E-state index in [4.69, 9.17) is 45.6 Å². The van der Waals surface area contributed by atoms with Crippen LogP contribution in [-0.4, -0.2) is 104 Å². The number of carbonyl (C=O) groups excluding carboxylic acids is 6. The van der Waals surface area contributed by atoms with E-state index >= 15 is 0 Å². The van der Waals surface area contributed by atoms with Crippen molar-refractivity contribution in [3.05, 3.63) is 112 Å². The minimum absolute atomic E-state index is 0.00982. The van der Waals surface area contributed by atoms with Crippen LogP contribution in [0, 0.1) is 13.8 Å². The number of ether oxygens (including phenoxy) is 6. The maximum absolute atomic E-state index is 13.3. The van der Waals surface area contributed by atoms with E-state index in [9.17, 15) is 58.5 Å². The van der Waals surface area contributed by atoms with Crippen molar-refractivity contribution in [3.8, 4) is 34.5 Å². The summed E-state index contributed by atoms with van der Waals surface area (Å²) in [6, 6.07) is 18.1. The smallest absolute Gasteiger partial charge is 0.341 e. The van der Waals surface area contributed by atoms with Gasteiger partial charge >= 0.3 is 17.9 Å². The second-order valence-corrected chi connectivity index (χ2v) is 16.0. The number of nitrogens with two attached hydrogens (primary N) is 3. The maximum Gasteiger partial charge on any atom is 0.341 e. The first kappa shape index (κ1) is 50.2. The predicted octanol–water partition coefficient (Wildman–Crippen LogP) is 3.02. The summed E-state index contributed by atoms with van der Waals surface area (Å²) in [7, 11) is 0. The summed E-state index contributed by atoms with van der Waals surface area (Å²) in [6.07, 6.45) is 0. The zero-order chi connectivity index (χ0) is 52.3. The van der Waals surface area contributed by atoms with Crippen molar-refractivity contribution >= 4 is 80.4 Å². The number of ketones is 3. The molecular formula is C49H43N5O18. The Balaban J connectivity index is 1.30. The highest BCUT2D eigenvalue weighted by atomic mass is 16.5. The molecule has 72 heavy (non-hydrogen) atoms. The van der Waals surface area contributed by atoms with E-state index in [1.807, 2.05) is 0 Å². The van der Waals surface area contributed by atoms with E-state index in [1.54, 1.807) is 31.2 Å². The number of carbonyl (C=O) groups is 9. The average molecular weight is 990 g/mol. The summed E-state index contributed by atoms with van der Waals surface area (Å²) >= 11 is 0. The number of amides is 3. The van der Waals surface area contributed by atoms with Crippen LogP contribution < -0.4 is 45.6 Å². The summed E-state index contributed by atoms with van der Waals surface area (Å²) in [5, 5.41) is 28.1. The Hall–Kier alpha value is -9.67. The van der Waals surface area contributed by atoms with Crippen LogP contribution in [0.1, 0.15) is 56.1 Å². The highest BCUT2D eigenvalue weighted by molar-refractivity contribution is 6.54. The van der Waals surface area contributed by atoms with Crippen molar-refractivity contribution in [1.29, 1.82) is 0 Å². The third kappa shape index (κ3) is 9.92. The van der Waals surface area contributed by atoms with Crippen LogP contribution in [0.15, 0.2) is 78.4 Å². The molecular weight excluding hydrogens is 947 g/mol. The number of aliphatic carboxylic acids is 3. The Kier molecular flexibility index (Phi) is 14.3. The summed E-state index contributed by atoms with van der Waals surface area (Å²) in [5.41, 5.74) is 17.8. The van der Waals surface area contributed by atoms with Crippen molar-refractivity contribution in [2.24, 2.45) is 17.2 Å². The van der Waals surface area contributed by atoms with Crippen LogP contribution in [0.4, 0.5) is 0 Å². The molecule has 6 aromatic rings. The molecule has 372 valence electrons. The van der Waals surface area contributed by atoms with Crippen molar-refractivity contribution in [3.63, 3.8) is 0 Å². The minimum Gasteiger partial charge on any atom is -0.492 e. The number of nitrogens with zero attached hydrogens (tertiary/aromatic N) is 2. The predicted molar refractivity (Wildman–Crippen MR) is 249 cm³/mol. The van der Waals surface area contributed by atoms with Gasteiger partial charge in [-0.15, -0.1) is 0 Å². The number of aromatic nitrogens is 2. The molecule has 7 rings (SSSR count). The highest BCUT2D eigenvalue weighted by Crippen LogP contribution is 2.47. The van der Waals surface area contributed by atoms with Gasteiger partial charge in [-0.25, -0.2) is 14.4 Å². The molecule has 2 heterocycles. The van der Waals surface area contributed by atoms with Gasteiger partial charge < -0.3 is 70.1 Å². The first-order chi connectivity index (χ1) is 34.2. The Morgan fingerprint density at radius 3 is 1.32 bits per heavy atom. The van der Waals surface area contributed by atoms with Crippen LogP contribution in [-0.2, 0) is 47.0 Å². The first-order valence-corrected chi connectivity index (χ1v) is 21.4. The van der Waals surface area contributed by atoms with Crippen LogP contribution in [0.3, 0.4) is 0 Å². The van der Waals surface area contributed by atoms with E-state index in [2.05, 4.69) is 0 Å². The van der Waals surface area contributed by atoms with Crippen molar-refractivity contribution in [2.45, 2.75) is 40.2 Å². The summed E-state index contributed by atoms with van der Waals surface area (Å²) < 4.78 is 38.5. The van der Waals surface area contributed by atoms with Gasteiger partial charge in [0.05, 0.1) is 39.5 Å². The van der Waals surface area contributed by atoms with Crippen molar-refractivity contribution in [2.75, 3.05) is 26.4 Å². The SMILES string of the molecule is CC1=C(C(=O)C(N)=O)c2c(OCC(=O)O)cccc2C1COc1cc(OCn2c(C)c(C(=O)C(N)=O)c3c(OCC(=O)O)cccc32)cc(OCn2c(C)c(C(=O)C(N)=O)c3c(OCC(=O)O)cccc32)c1. The summed E-state index contributed by atoms with van der Waals surface area (Å²) in [6.45, 7) is 1.36. The molecule has 0 fully saturated rings. The zero-order valence-corrected chi connectivity index (χ0v) is 38.3. The van der Waals surface area contributed by atoms with Crippen molar-refractivity contribution in [1.82, 2.24) is 9.13 Å². The molecule has 9 N–H and O–H groups in total. The Labute approximate surface area is 405 Å². The van der Waals surface area contributed by atoms with Crippen LogP contribution in [0.5, 0.6) is 34.5 Å². The van der Waals surface area contributed by atoms with Crippen LogP contribution in [0.25, 0.3) is 27.4 Å². The Morgan fingerprint density at radius 2 is 0.903 bits per heavy atom. The lowest BCUT2D eigenvalue weighted by Crippen LogP contribution is -2.24. The molecule has 0 saturated carbocycles. The monoisotopic (exact) mass is 989 g/mol. The van der Waals surface area contributed by atoms with E-state index in [1.165, 1.54) is 71.5 Å². The van der Waals surface area contributed by atoms with Gasteiger partial charge in [0.2, 0.25) is 0 Å². The molecule has 23 heteroatoms. The van der Waals surface area contributed by atoms with E-state index in [0.717, 1.165) is 0 Å². The van der Waals surface area contributed by atoms with Gasteiger partial charge in [0, 0.05) is 46.6 Å². The fourth-order valence-corrected chi connectivity index (χ4v) is 8.49. The number of primary amides is 3. The molecule has 4 aromatic carbocycles. The molecule has 3 amide bonds. The summed E-state index contributed by atoms with van der Waals surface area (Å²) in [5.74, 6) is -11.5. The second-order valence-electron chi connectivity index (χ2n) is 16.0. The fourth-order valence-electron chi connectivity index (χ4n) is 8.49. The molecule has 0 aliphatic heterocycles. The number of carboxylic acids is 3. The lowest BCUT2D eigenvalue weighted by Gasteiger charge is -2.19. The lowest BCUT2D eigenvalue weighted by atomic mass is 9.97. The van der Waals surface area contributed by atoms with Crippen molar-refractivity contribution < 1.29 is 86.9 Å². The van der Waals surface area contributed by atoms with Gasteiger partial charge in [-0.2, -0.15) is 0 Å². The molecule has 23 nitrogen and oxygen atoms in total. The second kappa shape index (κ2) is 20.5. The lowest BCUT2D eigenvalue weighted by molar-refractivity contribution is -0.140. The van der Waals surface area contributed by atoms with E-state index in [0.29, 0.717) is 22.2 Å². The fraction of sp³-hybridized carbons (Fsp3) is 0.204. The third-order valence-electron chi connectivity index (χ3n) is 11.6. The topological polar surface area (TPSA) is 358 Å². The van der Waals surface area contributed by atoms with Gasteiger partial charge in [-0.05, 0) is 56.7 Å². The number of hydrogen-bond acceptors (Lipinski definition) is 15. The third-order valence-corrected chi connectivity index (χ3v) is 11.6. The molecule has 1 aliphatic rings. The number of Topliss-reactive ketones (excluding diaryl/α,β-unsaturated/α-hetero) is 3. The largest absolute Gasteiger partial charge is 0.492 e. The molecule has 0 saturated heterocycles. The van der Waals surface area contributed by atoms with E-state index in [-0.39, 0.29) is 99.0 Å². The Morgan fingerprint density at radius 1 is 0.514 bits per heavy atom. The van der Waals surface area contributed by atoms with Gasteiger partial charge in [-0.1, -0.05) is 29.8 Å². The number of hydrogen-bond donors (Lipinski definition) is 6. The van der Waals surface area contributed by atoms with Crippen LogP contribution in [0.2, 0.25) is 0 Å². The molecule has 1 atom stereocenters. The molecule has 0 spiro atoms. The van der Waals surface area contributed by atoms with Crippen LogP contribution >= 0.6 is 0 Å². The molecule has 0 bridgehead atoms. The number of fused-ring (bicyclic) bond motifs is 3. The minimum atomic E-state index is -1.30. The standard InChI is InChI=1S/C49H43N5O18/c1-22-29(28-7-4-10-32(68-17-35(55)56)41(28)38(22)44(61)47(50)64)16-67-25-13-26(71-20-53-23(2)39(45(62)48(51)65)42-30(53)8-5-11-33(42)69-18-36(57)58)15-27(14-25)72-21-54-24(3)40(46(63)49(52)66)43-31(54)9-6-12-34(43)70-19-37(59)60/h4-15,29H,16-21H2,1-3H3,(H2,50,64)(H2,51,65)(H2,52,66)(H,55,56)(H,57,58)(H,59,60). The number of carboxylic acid groups (broad SMARTS) is 3. The molecule has 1 unspecified atom stereocenters. The summed E-state index contributed by atoms with van der Waals surface area (Å²) in [4.78, 5) is 111. The van der Waals surface area contributed by atoms with Gasteiger partial charge in [0.1, 0.15) is 34.5 Å². The quantitative estimate of drug-likeness (QED) is 0.0375. The van der Waals surface area contributed by atoms with Gasteiger partial charge in [0.15, 0.2) is 33.3 Å². The first-order valence-electron chi connectivity index (χ1n) is 21.4. The molecule has 1 aliphatic carbocycles. The highest BCUT2D eigenvalue weighted by Gasteiger charge is 2.37. The van der Waals surface area contributed by atoms with E-state index < -0.39 is 78.7 Å². The number of rotatable bonds is 24. The molecule has 2 aromatic heterocycles. The Bertz CT molecular complexity index is 3190. The van der Waals surface area contributed by atoms with Gasteiger partial charge in [0.25, 0.3) is 35.1 Å². The normalized spacial score (nSPS) is 12.8. The maximum atomic E-state index is 13.3. The molecule has 0 radical (unpaired) electrons. The van der Waals surface area contributed by atoms with Gasteiger partial charge in [-0.3, -0.25) is 28.8 Å². The number of benzene rings is 4. The zero-order valence-electron chi connectivity index (χ0n) is 38.3. The average Bonchev–Trinajstić information content (AvgIpc) is 3.90.